The first-order chi connectivity index (χ1) is 7.07. The summed E-state index contributed by atoms with van der Waals surface area (Å²) < 4.78 is 13.3. The normalized spacial score (nSPS) is 14.9. The van der Waals surface area contributed by atoms with Crippen molar-refractivity contribution in [2.75, 3.05) is 12.3 Å². The van der Waals surface area contributed by atoms with Crippen LogP contribution in [0.3, 0.4) is 0 Å². The number of aliphatic hydroxyl groups is 3. The summed E-state index contributed by atoms with van der Waals surface area (Å²) in [6, 6.07) is 4.01. The minimum atomic E-state index is -1.42. The first-order valence-corrected chi connectivity index (χ1v) is 4.58. The molecule has 0 saturated carbocycles. The van der Waals surface area contributed by atoms with Gasteiger partial charge in [0.25, 0.3) is 0 Å². The van der Waals surface area contributed by atoms with Gasteiger partial charge < -0.3 is 21.1 Å². The van der Waals surface area contributed by atoms with E-state index in [1.807, 2.05) is 0 Å². The third kappa shape index (κ3) is 2.65. The molecule has 5 N–H and O–H groups in total. The summed E-state index contributed by atoms with van der Waals surface area (Å²) in [5.41, 5.74) is 5.44. The minimum Gasteiger partial charge on any atom is -0.398 e. The van der Waals surface area contributed by atoms with Gasteiger partial charge in [-0.3, -0.25) is 0 Å². The average molecular weight is 215 g/mol. The number of nitrogen functional groups attached to an aromatic ring is 1. The number of halogens is 1. The van der Waals surface area contributed by atoms with Crippen LogP contribution in [-0.2, 0) is 0 Å². The first kappa shape index (κ1) is 11.9. The topological polar surface area (TPSA) is 86.7 Å². The van der Waals surface area contributed by atoms with Crippen molar-refractivity contribution in [2.24, 2.45) is 0 Å². The number of aliphatic hydroxyl groups excluding tert-OH is 3. The highest BCUT2D eigenvalue weighted by Crippen LogP contribution is 2.26. The lowest BCUT2D eigenvalue weighted by Gasteiger charge is -2.19. The maximum absolute atomic E-state index is 13.3. The van der Waals surface area contributed by atoms with E-state index in [0.717, 1.165) is 6.07 Å². The molecular weight excluding hydrogens is 201 g/mol. The lowest BCUT2D eigenvalue weighted by atomic mass is 10.0. The molecule has 0 radical (unpaired) electrons. The highest BCUT2D eigenvalue weighted by atomic mass is 19.1. The van der Waals surface area contributed by atoms with Crippen LogP contribution in [0.25, 0.3) is 0 Å². The fourth-order valence-corrected chi connectivity index (χ4v) is 1.35. The summed E-state index contributed by atoms with van der Waals surface area (Å²) in [6.07, 6.45) is -2.68. The van der Waals surface area contributed by atoms with Crippen LogP contribution in [0.5, 0.6) is 0 Å². The molecule has 0 spiro atoms. The monoisotopic (exact) mass is 215 g/mol. The van der Waals surface area contributed by atoms with Gasteiger partial charge in [-0.1, -0.05) is 6.07 Å². The highest BCUT2D eigenvalue weighted by Gasteiger charge is 2.23. The molecule has 2 unspecified atom stereocenters. The zero-order valence-corrected chi connectivity index (χ0v) is 8.10. The van der Waals surface area contributed by atoms with Crippen molar-refractivity contribution in [1.82, 2.24) is 0 Å². The lowest BCUT2D eigenvalue weighted by Crippen LogP contribution is -2.21. The van der Waals surface area contributed by atoms with Gasteiger partial charge in [-0.2, -0.15) is 0 Å². The molecule has 0 aliphatic rings. The molecule has 0 aliphatic heterocycles. The van der Waals surface area contributed by atoms with Crippen molar-refractivity contribution in [3.05, 3.63) is 29.6 Å². The van der Waals surface area contributed by atoms with E-state index in [-0.39, 0.29) is 24.3 Å². The third-order valence-corrected chi connectivity index (χ3v) is 2.17. The second-order valence-corrected chi connectivity index (χ2v) is 3.27. The molecule has 4 nitrogen and oxygen atoms in total. The second kappa shape index (κ2) is 5.06. The van der Waals surface area contributed by atoms with Crippen LogP contribution in [0.4, 0.5) is 10.1 Å². The number of nitrogens with two attached hydrogens (primary N) is 1. The van der Waals surface area contributed by atoms with E-state index in [1.165, 1.54) is 12.1 Å². The second-order valence-electron chi connectivity index (χ2n) is 3.27. The summed E-state index contributed by atoms with van der Waals surface area (Å²) >= 11 is 0. The van der Waals surface area contributed by atoms with E-state index in [9.17, 15) is 14.6 Å². The number of anilines is 1. The molecule has 0 amide bonds. The average Bonchev–Trinajstić information content (AvgIpc) is 2.17. The van der Waals surface area contributed by atoms with Crippen molar-refractivity contribution in [3.63, 3.8) is 0 Å². The Balaban J connectivity index is 2.94. The molecule has 0 fully saturated rings. The fourth-order valence-electron chi connectivity index (χ4n) is 1.35. The van der Waals surface area contributed by atoms with Crippen LogP contribution in [0.1, 0.15) is 18.1 Å². The van der Waals surface area contributed by atoms with Crippen molar-refractivity contribution in [2.45, 2.75) is 18.6 Å². The van der Waals surface area contributed by atoms with Gasteiger partial charge in [-0.25, -0.2) is 4.39 Å². The van der Waals surface area contributed by atoms with E-state index >= 15 is 0 Å². The number of hydrogen-bond donors (Lipinski definition) is 4. The van der Waals surface area contributed by atoms with Gasteiger partial charge in [0.1, 0.15) is 11.9 Å². The third-order valence-electron chi connectivity index (χ3n) is 2.17. The molecule has 1 aromatic carbocycles. The van der Waals surface area contributed by atoms with E-state index in [1.54, 1.807) is 0 Å². The van der Waals surface area contributed by atoms with Gasteiger partial charge in [-0.15, -0.1) is 0 Å². The van der Waals surface area contributed by atoms with Gasteiger partial charge in [0.2, 0.25) is 0 Å². The first-order valence-electron chi connectivity index (χ1n) is 4.58. The Hall–Kier alpha value is -1.17. The predicted molar refractivity (Wildman–Crippen MR) is 53.5 cm³/mol. The number of rotatable bonds is 4. The molecule has 0 bridgehead atoms. The minimum absolute atomic E-state index is 0.0328. The van der Waals surface area contributed by atoms with Crippen LogP contribution < -0.4 is 5.73 Å². The summed E-state index contributed by atoms with van der Waals surface area (Å²) in [5, 5.41) is 27.6. The quantitative estimate of drug-likeness (QED) is 0.540. The maximum atomic E-state index is 13.3. The summed E-state index contributed by atoms with van der Waals surface area (Å²) in [5.74, 6) is -0.667. The van der Waals surface area contributed by atoms with Crippen LogP contribution in [0, 0.1) is 5.82 Å². The Morgan fingerprint density at radius 3 is 2.53 bits per heavy atom. The molecule has 5 heteroatoms. The van der Waals surface area contributed by atoms with Crippen LogP contribution in [0.15, 0.2) is 18.2 Å². The predicted octanol–water partition coefficient (Wildman–Crippen LogP) is 0.185. The Kier molecular flexibility index (Phi) is 4.02. The molecule has 0 aliphatic carbocycles. The standard InChI is InChI=1S/C10H14FNO3/c11-6-2-1-3-7(12)9(6)10(15)8(14)4-5-13/h1-3,8,10,13-15H,4-5,12H2. The van der Waals surface area contributed by atoms with E-state index < -0.39 is 18.0 Å². The Bertz CT molecular complexity index is 312. The SMILES string of the molecule is Nc1cccc(F)c1C(O)C(O)CCO. The fraction of sp³-hybridized carbons (Fsp3) is 0.400. The maximum Gasteiger partial charge on any atom is 0.131 e. The van der Waals surface area contributed by atoms with E-state index in [0.29, 0.717) is 0 Å². The largest absolute Gasteiger partial charge is 0.398 e. The zero-order valence-electron chi connectivity index (χ0n) is 8.10. The highest BCUT2D eigenvalue weighted by molar-refractivity contribution is 5.48. The van der Waals surface area contributed by atoms with E-state index in [4.69, 9.17) is 10.8 Å². The van der Waals surface area contributed by atoms with Crippen molar-refractivity contribution in [1.29, 1.82) is 0 Å². The van der Waals surface area contributed by atoms with Crippen LogP contribution >= 0.6 is 0 Å². The Labute approximate surface area is 86.8 Å². The van der Waals surface area contributed by atoms with E-state index in [2.05, 4.69) is 0 Å². The smallest absolute Gasteiger partial charge is 0.131 e. The summed E-state index contributed by atoms with van der Waals surface area (Å²) in [4.78, 5) is 0. The van der Waals surface area contributed by atoms with Crippen molar-refractivity contribution < 1.29 is 19.7 Å². The number of benzene rings is 1. The van der Waals surface area contributed by atoms with Gasteiger partial charge in [0.15, 0.2) is 0 Å². The van der Waals surface area contributed by atoms with Crippen LogP contribution in [0.2, 0.25) is 0 Å². The Morgan fingerprint density at radius 2 is 2.00 bits per heavy atom. The van der Waals surface area contributed by atoms with Gasteiger partial charge in [-0.05, 0) is 18.6 Å². The zero-order chi connectivity index (χ0) is 11.4. The number of hydrogen-bond acceptors (Lipinski definition) is 4. The van der Waals surface area contributed by atoms with Crippen molar-refractivity contribution >= 4 is 5.69 Å². The molecule has 0 saturated heterocycles. The Morgan fingerprint density at radius 1 is 1.33 bits per heavy atom. The van der Waals surface area contributed by atoms with Gasteiger partial charge in [0, 0.05) is 17.9 Å². The summed E-state index contributed by atoms with van der Waals surface area (Å²) in [7, 11) is 0. The molecular formula is C10H14FNO3. The molecule has 15 heavy (non-hydrogen) atoms. The summed E-state index contributed by atoms with van der Waals surface area (Å²) in [6.45, 7) is -0.285. The molecule has 2 atom stereocenters. The molecule has 84 valence electrons. The molecule has 0 heterocycles. The molecule has 1 aromatic rings. The van der Waals surface area contributed by atoms with Gasteiger partial charge in [0.05, 0.1) is 6.10 Å². The lowest BCUT2D eigenvalue weighted by molar-refractivity contribution is 0.00278. The van der Waals surface area contributed by atoms with Gasteiger partial charge >= 0.3 is 0 Å². The molecule has 0 aromatic heterocycles. The van der Waals surface area contributed by atoms with Crippen molar-refractivity contribution in [3.8, 4) is 0 Å². The van der Waals surface area contributed by atoms with Crippen LogP contribution in [-0.4, -0.2) is 28.0 Å². The molecule has 1 rings (SSSR count).